The van der Waals surface area contributed by atoms with Gasteiger partial charge in [0.2, 0.25) is 0 Å². The molecule has 1 saturated carbocycles. The van der Waals surface area contributed by atoms with Crippen LogP contribution in [0.15, 0.2) is 60.8 Å². The van der Waals surface area contributed by atoms with Crippen LogP contribution in [0, 0.1) is 5.92 Å². The second-order valence-corrected chi connectivity index (χ2v) is 11.5. The first-order valence-corrected chi connectivity index (χ1v) is 14.6. The number of carbonyl (C=O) groups is 1. The molecule has 2 heterocycles. The zero-order chi connectivity index (χ0) is 26.6. The van der Waals surface area contributed by atoms with E-state index in [2.05, 4.69) is 35.4 Å². The highest BCUT2D eigenvalue weighted by Gasteiger charge is 2.31. The number of fused-ring (bicyclic) bond motifs is 1. The number of aromatic nitrogens is 1. The van der Waals surface area contributed by atoms with Crippen molar-refractivity contribution in [3.8, 4) is 16.9 Å². The first-order valence-electron chi connectivity index (χ1n) is 13.4. The third kappa shape index (κ3) is 5.52. The fraction of sp³-hybridized carbons (Fsp3) is 0.355. The van der Waals surface area contributed by atoms with Crippen LogP contribution in [-0.2, 0) is 6.54 Å². The number of benzene rings is 2. The number of rotatable bonds is 8. The summed E-state index contributed by atoms with van der Waals surface area (Å²) in [5.74, 6) is 2.32. The predicted molar refractivity (Wildman–Crippen MR) is 159 cm³/mol. The van der Waals surface area contributed by atoms with Crippen LogP contribution in [0.25, 0.3) is 21.2 Å². The van der Waals surface area contributed by atoms with Gasteiger partial charge in [0.1, 0.15) is 16.4 Å². The fourth-order valence-electron chi connectivity index (χ4n) is 5.28. The number of carbonyl (C=O) groups excluding carboxylic acids is 1. The summed E-state index contributed by atoms with van der Waals surface area (Å²) in [5.41, 5.74) is 3.06. The van der Waals surface area contributed by atoms with Gasteiger partial charge in [-0.1, -0.05) is 42.8 Å². The highest BCUT2D eigenvalue weighted by Crippen LogP contribution is 2.39. The van der Waals surface area contributed by atoms with Gasteiger partial charge in [0.25, 0.3) is 5.91 Å². The monoisotopic (exact) mass is 547 g/mol. The Morgan fingerprint density at radius 2 is 1.87 bits per heavy atom. The maximum atomic E-state index is 14.2. The maximum absolute atomic E-state index is 14.2. The van der Waals surface area contributed by atoms with Crippen LogP contribution in [0.3, 0.4) is 0 Å². The van der Waals surface area contributed by atoms with Gasteiger partial charge in [-0.05, 0) is 74.4 Å². The molecule has 38 heavy (non-hydrogen) atoms. The Hall–Kier alpha value is -3.09. The average Bonchev–Trinajstić information content (AvgIpc) is 3.29. The predicted octanol–water partition coefficient (Wildman–Crippen LogP) is 8.28. The Labute approximate surface area is 233 Å². The molecule has 1 N–H and O–H groups in total. The van der Waals surface area contributed by atoms with Gasteiger partial charge >= 0.3 is 0 Å². The molecule has 0 atom stereocenters. The van der Waals surface area contributed by atoms with Gasteiger partial charge < -0.3 is 15.0 Å². The van der Waals surface area contributed by atoms with Crippen molar-refractivity contribution in [3.05, 3.63) is 76.3 Å². The summed E-state index contributed by atoms with van der Waals surface area (Å²) in [6.07, 6.45) is 6.10. The molecule has 0 bridgehead atoms. The smallest absolute Gasteiger partial charge is 0.266 e. The molecule has 198 valence electrons. The number of amides is 1. The number of nitrogens with one attached hydrogen (secondary N) is 1. The van der Waals surface area contributed by atoms with Gasteiger partial charge in [-0.3, -0.25) is 4.79 Å². The van der Waals surface area contributed by atoms with Crippen molar-refractivity contribution in [2.75, 3.05) is 19.0 Å². The highest BCUT2D eigenvalue weighted by molar-refractivity contribution is 7.21. The van der Waals surface area contributed by atoms with Crippen molar-refractivity contribution in [3.63, 3.8) is 0 Å². The van der Waals surface area contributed by atoms with Crippen LogP contribution in [0.1, 0.15) is 54.8 Å². The summed E-state index contributed by atoms with van der Waals surface area (Å²) >= 11 is 8.28. The minimum atomic E-state index is 0.00337. The summed E-state index contributed by atoms with van der Waals surface area (Å²) in [6.45, 7) is 5.31. The molecule has 0 radical (unpaired) electrons. The third-order valence-corrected chi connectivity index (χ3v) is 9.13. The molecule has 7 heteroatoms. The summed E-state index contributed by atoms with van der Waals surface area (Å²) < 4.78 is 7.07. The number of anilines is 1. The van der Waals surface area contributed by atoms with Gasteiger partial charge in [0, 0.05) is 47.0 Å². The topological polar surface area (TPSA) is 54.5 Å². The van der Waals surface area contributed by atoms with Crippen molar-refractivity contribution in [1.29, 1.82) is 0 Å². The Morgan fingerprint density at radius 1 is 1.11 bits per heavy atom. The van der Waals surface area contributed by atoms with E-state index in [1.165, 1.54) is 11.3 Å². The van der Waals surface area contributed by atoms with E-state index in [4.69, 9.17) is 16.3 Å². The van der Waals surface area contributed by atoms with Crippen LogP contribution in [0.5, 0.6) is 5.75 Å². The average molecular weight is 548 g/mol. The van der Waals surface area contributed by atoms with E-state index in [-0.39, 0.29) is 11.9 Å². The zero-order valence-corrected chi connectivity index (χ0v) is 23.7. The first-order chi connectivity index (χ1) is 18.5. The SMILES string of the molecule is CCOc1ccc(-c2ccc(NC)nc2)cc1CN(C(=O)c1sc2ccccc2c1Cl)C1CCC(C)CC1. The molecule has 0 unspecified atom stereocenters. The Balaban J connectivity index is 1.53. The standard InChI is InChI=1S/C31H34ClN3O2S/c1-4-37-26-15-11-21(22-12-16-28(33-3)34-18-22)17-23(26)19-35(24-13-9-20(2)10-14-24)31(36)30-29(32)25-7-5-6-8-27(25)38-30/h5-8,11-12,15-18,20,24H,4,9-10,13-14,19H2,1-3H3,(H,33,34). The molecule has 0 spiro atoms. The summed E-state index contributed by atoms with van der Waals surface area (Å²) in [4.78, 5) is 21.4. The summed E-state index contributed by atoms with van der Waals surface area (Å²) in [6, 6.07) is 18.4. The molecule has 1 fully saturated rings. The van der Waals surface area contributed by atoms with Crippen molar-refractivity contribution in [2.45, 2.75) is 52.1 Å². The van der Waals surface area contributed by atoms with E-state index in [1.54, 1.807) is 0 Å². The largest absolute Gasteiger partial charge is 0.494 e. The minimum absolute atomic E-state index is 0.00337. The van der Waals surface area contributed by atoms with Crippen LogP contribution in [0.2, 0.25) is 5.02 Å². The van der Waals surface area contributed by atoms with Gasteiger partial charge in [-0.25, -0.2) is 4.98 Å². The van der Waals surface area contributed by atoms with E-state index in [1.807, 2.05) is 61.5 Å². The maximum Gasteiger partial charge on any atom is 0.266 e. The van der Waals surface area contributed by atoms with Crippen molar-refractivity contribution >= 4 is 44.7 Å². The van der Waals surface area contributed by atoms with Gasteiger partial charge in [0.15, 0.2) is 0 Å². The quantitative estimate of drug-likeness (QED) is 0.241. The molecule has 0 aliphatic heterocycles. The summed E-state index contributed by atoms with van der Waals surface area (Å²) in [5, 5.41) is 4.56. The summed E-state index contributed by atoms with van der Waals surface area (Å²) in [7, 11) is 1.86. The van der Waals surface area contributed by atoms with Crippen molar-refractivity contribution in [2.24, 2.45) is 5.92 Å². The van der Waals surface area contributed by atoms with Gasteiger partial charge in [0.05, 0.1) is 11.6 Å². The molecule has 5 nitrogen and oxygen atoms in total. The highest BCUT2D eigenvalue weighted by atomic mass is 35.5. The number of hydrogen-bond donors (Lipinski definition) is 1. The molecule has 5 rings (SSSR count). The first kappa shape index (κ1) is 26.5. The minimum Gasteiger partial charge on any atom is -0.494 e. The Kier molecular flexibility index (Phi) is 8.20. The molecule has 0 saturated heterocycles. The number of thiophene rings is 1. The fourth-order valence-corrected chi connectivity index (χ4v) is 6.75. The van der Waals surface area contributed by atoms with Crippen LogP contribution in [-0.4, -0.2) is 35.5 Å². The van der Waals surface area contributed by atoms with E-state index in [0.717, 1.165) is 64.0 Å². The van der Waals surface area contributed by atoms with Gasteiger partial charge in [-0.2, -0.15) is 0 Å². The molecular formula is C31H34ClN3O2S. The zero-order valence-electron chi connectivity index (χ0n) is 22.2. The molecule has 2 aromatic carbocycles. The molecule has 1 aliphatic carbocycles. The lowest BCUT2D eigenvalue weighted by Crippen LogP contribution is -2.41. The Bertz CT molecular complexity index is 1410. The van der Waals surface area contributed by atoms with Crippen LogP contribution in [0.4, 0.5) is 5.82 Å². The molecule has 1 amide bonds. The number of halogens is 1. The van der Waals surface area contributed by atoms with E-state index < -0.39 is 0 Å². The van der Waals surface area contributed by atoms with E-state index in [0.29, 0.717) is 29.0 Å². The molecule has 1 aliphatic rings. The van der Waals surface area contributed by atoms with Crippen molar-refractivity contribution in [1.82, 2.24) is 9.88 Å². The molecule has 4 aromatic rings. The third-order valence-electron chi connectivity index (χ3n) is 7.47. The van der Waals surface area contributed by atoms with Gasteiger partial charge in [-0.15, -0.1) is 11.3 Å². The number of nitrogens with zero attached hydrogens (tertiary/aromatic N) is 2. The van der Waals surface area contributed by atoms with Crippen LogP contribution < -0.4 is 10.1 Å². The second kappa shape index (κ2) is 11.7. The lowest BCUT2D eigenvalue weighted by molar-refractivity contribution is 0.0596. The lowest BCUT2D eigenvalue weighted by atomic mass is 9.86. The number of pyridine rings is 1. The van der Waals surface area contributed by atoms with E-state index >= 15 is 0 Å². The lowest BCUT2D eigenvalue weighted by Gasteiger charge is -2.36. The molecule has 2 aromatic heterocycles. The van der Waals surface area contributed by atoms with Crippen molar-refractivity contribution < 1.29 is 9.53 Å². The Morgan fingerprint density at radius 3 is 2.55 bits per heavy atom. The number of ether oxygens (including phenoxy) is 1. The normalized spacial score (nSPS) is 17.4. The van der Waals surface area contributed by atoms with E-state index in [9.17, 15) is 4.79 Å². The van der Waals surface area contributed by atoms with Crippen LogP contribution >= 0.6 is 22.9 Å². The molecular weight excluding hydrogens is 514 g/mol. The number of hydrogen-bond acceptors (Lipinski definition) is 5. The second-order valence-electron chi connectivity index (χ2n) is 10.0.